The van der Waals surface area contributed by atoms with Gasteiger partial charge in [-0.25, -0.2) is 0 Å². The average Bonchev–Trinajstić information content (AvgIpc) is 2.70. The average molecular weight is 277 g/mol. The molecule has 0 aromatic rings. The second kappa shape index (κ2) is 6.66. The molecule has 2 heterocycles. The van der Waals surface area contributed by atoms with Crippen LogP contribution in [0, 0.1) is 0 Å². The molecule has 2 saturated heterocycles. The Labute approximate surface area is 112 Å². The Hall–Kier alpha value is 0.580. The molecule has 17 heavy (non-hydrogen) atoms. The maximum atomic E-state index is 10.1. The zero-order valence-electron chi connectivity index (χ0n) is 10.3. The van der Waals surface area contributed by atoms with Gasteiger partial charge in [0, 0.05) is 35.6 Å². The minimum Gasteiger partial charge on any atom is -0.393 e. The van der Waals surface area contributed by atoms with Crippen LogP contribution in [0.3, 0.4) is 0 Å². The molecule has 2 aliphatic rings. The van der Waals surface area contributed by atoms with Gasteiger partial charge in [-0.2, -0.15) is 23.5 Å². The number of likely N-dealkylation sites (tertiary alicyclic amines) is 1. The molecule has 0 saturated carbocycles. The molecule has 0 bridgehead atoms. The lowest BCUT2D eigenvalue weighted by atomic mass is 9.96. The molecule has 5 heteroatoms. The van der Waals surface area contributed by atoms with Crippen LogP contribution in [-0.4, -0.2) is 69.5 Å². The first-order valence-corrected chi connectivity index (χ1v) is 8.77. The van der Waals surface area contributed by atoms with E-state index in [0.717, 1.165) is 32.4 Å². The Morgan fingerprint density at radius 1 is 1.12 bits per heavy atom. The molecule has 2 rings (SSSR count). The van der Waals surface area contributed by atoms with Crippen molar-refractivity contribution in [3.63, 3.8) is 0 Å². The summed E-state index contributed by atoms with van der Waals surface area (Å²) in [5.74, 6) is 5.00. The Bertz CT molecular complexity index is 235. The summed E-state index contributed by atoms with van der Waals surface area (Å²) < 4.78 is 0. The van der Waals surface area contributed by atoms with E-state index in [0.29, 0.717) is 6.04 Å². The van der Waals surface area contributed by atoms with Crippen molar-refractivity contribution in [2.45, 2.75) is 30.9 Å². The molecule has 1 atom stereocenters. The molecule has 0 aromatic carbocycles. The van der Waals surface area contributed by atoms with Gasteiger partial charge in [0.1, 0.15) is 0 Å². The van der Waals surface area contributed by atoms with Gasteiger partial charge >= 0.3 is 0 Å². The number of hydrogen-bond donors (Lipinski definition) is 2. The van der Waals surface area contributed by atoms with Crippen molar-refractivity contribution in [3.8, 4) is 0 Å². The second-order valence-corrected chi connectivity index (χ2v) is 7.38. The normalized spacial score (nSPS) is 34.2. The summed E-state index contributed by atoms with van der Waals surface area (Å²) in [5, 5.41) is 19.4. The van der Waals surface area contributed by atoms with Crippen LogP contribution < -0.4 is 0 Å². The predicted molar refractivity (Wildman–Crippen MR) is 75.9 cm³/mol. The molecule has 0 aromatic heterocycles. The molecular weight excluding hydrogens is 254 g/mol. The summed E-state index contributed by atoms with van der Waals surface area (Å²) >= 11 is 4.11. The van der Waals surface area contributed by atoms with Crippen LogP contribution >= 0.6 is 23.5 Å². The quantitative estimate of drug-likeness (QED) is 0.790. The van der Waals surface area contributed by atoms with Crippen LogP contribution in [-0.2, 0) is 0 Å². The van der Waals surface area contributed by atoms with E-state index >= 15 is 0 Å². The first-order chi connectivity index (χ1) is 8.23. The Kier molecular flexibility index (Phi) is 5.49. The lowest BCUT2D eigenvalue weighted by Gasteiger charge is -2.30. The van der Waals surface area contributed by atoms with Crippen molar-refractivity contribution < 1.29 is 10.2 Å². The first kappa shape index (κ1) is 14.0. The van der Waals surface area contributed by atoms with Gasteiger partial charge in [0.15, 0.2) is 0 Å². The third kappa shape index (κ3) is 4.03. The fourth-order valence-corrected chi connectivity index (χ4v) is 5.17. The van der Waals surface area contributed by atoms with Crippen LogP contribution in [0.5, 0.6) is 0 Å². The highest BCUT2D eigenvalue weighted by Gasteiger charge is 2.31. The van der Waals surface area contributed by atoms with Gasteiger partial charge in [0.05, 0.1) is 12.2 Å². The van der Waals surface area contributed by atoms with Crippen LogP contribution in [0.2, 0.25) is 0 Å². The zero-order valence-corrected chi connectivity index (χ0v) is 11.9. The summed E-state index contributed by atoms with van der Waals surface area (Å²) in [6, 6.07) is 0.661. The number of nitrogens with zero attached hydrogens (tertiary/aromatic N) is 1. The highest BCUT2D eigenvalue weighted by Crippen LogP contribution is 2.26. The Balaban J connectivity index is 1.88. The number of rotatable bonds is 2. The minimum absolute atomic E-state index is 0.0883. The van der Waals surface area contributed by atoms with Crippen LogP contribution in [0.25, 0.3) is 0 Å². The highest BCUT2D eigenvalue weighted by atomic mass is 32.2. The van der Waals surface area contributed by atoms with Crippen molar-refractivity contribution >= 4 is 23.5 Å². The van der Waals surface area contributed by atoms with Crippen LogP contribution in [0.4, 0.5) is 0 Å². The monoisotopic (exact) mass is 277 g/mol. The lowest BCUT2D eigenvalue weighted by Crippen LogP contribution is -2.41. The van der Waals surface area contributed by atoms with E-state index in [1.807, 2.05) is 0 Å². The van der Waals surface area contributed by atoms with Gasteiger partial charge in [-0.05, 0) is 25.8 Å². The van der Waals surface area contributed by atoms with Crippen molar-refractivity contribution in [1.29, 1.82) is 0 Å². The largest absolute Gasteiger partial charge is 0.393 e. The number of hydrogen-bond acceptors (Lipinski definition) is 5. The summed E-state index contributed by atoms with van der Waals surface area (Å²) in [7, 11) is 0. The van der Waals surface area contributed by atoms with Gasteiger partial charge in [0.25, 0.3) is 0 Å². The van der Waals surface area contributed by atoms with E-state index in [4.69, 9.17) is 0 Å². The Morgan fingerprint density at radius 2 is 1.82 bits per heavy atom. The van der Waals surface area contributed by atoms with E-state index in [2.05, 4.69) is 28.4 Å². The fraction of sp³-hybridized carbons (Fsp3) is 1.00. The minimum atomic E-state index is -0.820. The second-order valence-electron chi connectivity index (χ2n) is 5.08. The van der Waals surface area contributed by atoms with Gasteiger partial charge in [0.2, 0.25) is 0 Å². The SMILES string of the molecule is OCC1(O)CCCN(C2CSCCSC2)CC1. The molecule has 0 aliphatic carbocycles. The summed E-state index contributed by atoms with van der Waals surface area (Å²) in [6.07, 6.45) is 2.46. The summed E-state index contributed by atoms with van der Waals surface area (Å²) in [4.78, 5) is 2.53. The van der Waals surface area contributed by atoms with E-state index in [1.54, 1.807) is 0 Å². The Morgan fingerprint density at radius 3 is 2.47 bits per heavy atom. The van der Waals surface area contributed by atoms with Crippen LogP contribution in [0.1, 0.15) is 19.3 Å². The number of aliphatic hydroxyl groups is 2. The number of aliphatic hydroxyl groups excluding tert-OH is 1. The molecule has 2 fully saturated rings. The summed E-state index contributed by atoms with van der Waals surface area (Å²) in [5.41, 5.74) is -0.820. The molecule has 2 aliphatic heterocycles. The van der Waals surface area contributed by atoms with E-state index in [9.17, 15) is 10.2 Å². The lowest BCUT2D eigenvalue weighted by molar-refractivity contribution is -0.0258. The zero-order chi connectivity index (χ0) is 12.1. The molecular formula is C12H23NO2S2. The third-order valence-electron chi connectivity index (χ3n) is 3.76. The van der Waals surface area contributed by atoms with E-state index < -0.39 is 5.60 Å². The first-order valence-electron chi connectivity index (χ1n) is 6.46. The molecule has 3 nitrogen and oxygen atoms in total. The number of thioether (sulfide) groups is 2. The highest BCUT2D eigenvalue weighted by molar-refractivity contribution is 8.03. The molecule has 0 spiro atoms. The smallest absolute Gasteiger partial charge is 0.0890 e. The van der Waals surface area contributed by atoms with E-state index in [1.165, 1.54) is 23.0 Å². The van der Waals surface area contributed by atoms with E-state index in [-0.39, 0.29) is 6.61 Å². The fourth-order valence-electron chi connectivity index (χ4n) is 2.54. The van der Waals surface area contributed by atoms with Gasteiger partial charge < -0.3 is 10.2 Å². The standard InChI is InChI=1S/C12H23NO2S2/c14-10-12(15)2-1-4-13(5-3-12)11-8-16-6-7-17-9-11/h11,14-15H,1-10H2. The van der Waals surface area contributed by atoms with Gasteiger partial charge in [-0.15, -0.1) is 0 Å². The molecule has 0 amide bonds. The maximum absolute atomic E-state index is 10.1. The third-order valence-corrected chi connectivity index (χ3v) is 6.24. The van der Waals surface area contributed by atoms with Crippen molar-refractivity contribution in [3.05, 3.63) is 0 Å². The van der Waals surface area contributed by atoms with Crippen molar-refractivity contribution in [2.24, 2.45) is 0 Å². The molecule has 100 valence electrons. The van der Waals surface area contributed by atoms with Crippen molar-refractivity contribution in [2.75, 3.05) is 42.7 Å². The summed E-state index contributed by atoms with van der Waals surface area (Å²) in [6.45, 7) is 1.92. The molecule has 1 unspecified atom stereocenters. The van der Waals surface area contributed by atoms with Crippen LogP contribution in [0.15, 0.2) is 0 Å². The molecule has 2 N–H and O–H groups in total. The topological polar surface area (TPSA) is 43.7 Å². The molecule has 0 radical (unpaired) electrons. The van der Waals surface area contributed by atoms with Crippen molar-refractivity contribution in [1.82, 2.24) is 4.90 Å². The van der Waals surface area contributed by atoms with Gasteiger partial charge in [-0.3, -0.25) is 4.90 Å². The predicted octanol–water partition coefficient (Wildman–Crippen LogP) is 1.04. The maximum Gasteiger partial charge on any atom is 0.0890 e. The van der Waals surface area contributed by atoms with Gasteiger partial charge in [-0.1, -0.05) is 0 Å².